The van der Waals surface area contributed by atoms with Crippen LogP contribution in [0.5, 0.6) is 0 Å². The van der Waals surface area contributed by atoms with E-state index < -0.39 is 0 Å². The molecule has 0 fully saturated rings. The number of hydrogen-bond acceptors (Lipinski definition) is 5. The van der Waals surface area contributed by atoms with E-state index in [1.807, 2.05) is 0 Å². The zero-order valence-electron chi connectivity index (χ0n) is 11.3. The van der Waals surface area contributed by atoms with Gasteiger partial charge in [0, 0.05) is 16.9 Å². The van der Waals surface area contributed by atoms with Crippen molar-refractivity contribution in [2.75, 3.05) is 11.9 Å². The number of hydrogen-bond donors (Lipinski definition) is 2. The van der Waals surface area contributed by atoms with Crippen LogP contribution in [-0.2, 0) is 5.41 Å². The van der Waals surface area contributed by atoms with Crippen molar-refractivity contribution >= 4 is 16.7 Å². The Bertz CT molecular complexity index is 344. The van der Waals surface area contributed by atoms with E-state index in [2.05, 4.69) is 49.3 Å². The van der Waals surface area contributed by atoms with E-state index in [4.69, 9.17) is 0 Å². The van der Waals surface area contributed by atoms with Crippen molar-refractivity contribution < 1.29 is 5.11 Å². The highest BCUT2D eigenvalue weighted by atomic mass is 32.1. The smallest absolute Gasteiger partial charge is 0.202 e. The number of aromatic nitrogens is 2. The predicted molar refractivity (Wildman–Crippen MR) is 72.6 cm³/mol. The summed E-state index contributed by atoms with van der Waals surface area (Å²) in [4.78, 5) is 4.46. The number of aliphatic hydroxyl groups is 1. The summed E-state index contributed by atoms with van der Waals surface area (Å²) in [6.45, 7) is 10.7. The molecule has 0 aliphatic rings. The first kappa shape index (κ1) is 14.4. The molecule has 5 heteroatoms. The van der Waals surface area contributed by atoms with Gasteiger partial charge in [-0.3, -0.25) is 0 Å². The van der Waals surface area contributed by atoms with Crippen LogP contribution in [0.4, 0.5) is 5.13 Å². The monoisotopic (exact) mass is 257 g/mol. The molecule has 0 aromatic carbocycles. The lowest BCUT2D eigenvalue weighted by Crippen LogP contribution is -2.25. The van der Waals surface area contributed by atoms with Crippen molar-refractivity contribution in [3.05, 3.63) is 5.82 Å². The van der Waals surface area contributed by atoms with Crippen molar-refractivity contribution in [2.45, 2.75) is 52.5 Å². The number of rotatable bonds is 5. The topological polar surface area (TPSA) is 58.0 Å². The first-order chi connectivity index (χ1) is 7.82. The van der Waals surface area contributed by atoms with E-state index in [0.29, 0.717) is 5.92 Å². The van der Waals surface area contributed by atoms with Crippen LogP contribution >= 0.6 is 11.5 Å². The maximum Gasteiger partial charge on any atom is 0.202 e. The Morgan fingerprint density at radius 2 is 2.00 bits per heavy atom. The van der Waals surface area contributed by atoms with Gasteiger partial charge in [-0.05, 0) is 12.3 Å². The molecule has 0 radical (unpaired) electrons. The lowest BCUT2D eigenvalue weighted by Gasteiger charge is -2.17. The molecule has 0 aliphatic carbocycles. The normalized spacial score (nSPS) is 14.1. The molecule has 1 unspecified atom stereocenters. The van der Waals surface area contributed by atoms with Crippen LogP contribution in [0.25, 0.3) is 0 Å². The number of aliphatic hydroxyl groups excluding tert-OH is 1. The first-order valence-corrected chi connectivity index (χ1v) is 6.82. The second-order valence-corrected chi connectivity index (χ2v) is 6.58. The van der Waals surface area contributed by atoms with Gasteiger partial charge in [-0.1, -0.05) is 34.6 Å². The van der Waals surface area contributed by atoms with E-state index in [-0.39, 0.29) is 18.1 Å². The molecule has 0 saturated carbocycles. The molecule has 1 heterocycles. The molecule has 1 aromatic heterocycles. The zero-order chi connectivity index (χ0) is 13.1. The maximum absolute atomic E-state index is 9.30. The second kappa shape index (κ2) is 5.78. The van der Waals surface area contributed by atoms with Gasteiger partial charge in [-0.2, -0.15) is 4.37 Å². The molecule has 0 spiro atoms. The van der Waals surface area contributed by atoms with Crippen molar-refractivity contribution in [3.63, 3.8) is 0 Å². The van der Waals surface area contributed by atoms with Gasteiger partial charge in [0.1, 0.15) is 5.82 Å². The molecular formula is C12H23N3OS. The summed E-state index contributed by atoms with van der Waals surface area (Å²) >= 11 is 1.36. The minimum absolute atomic E-state index is 0.0246. The van der Waals surface area contributed by atoms with Crippen LogP contribution in [-0.4, -0.2) is 27.1 Å². The summed E-state index contributed by atoms with van der Waals surface area (Å²) in [6.07, 6.45) is 0.931. The third-order valence-corrected chi connectivity index (χ3v) is 3.05. The van der Waals surface area contributed by atoms with Gasteiger partial charge in [0.15, 0.2) is 0 Å². The molecule has 0 amide bonds. The molecule has 0 bridgehead atoms. The predicted octanol–water partition coefficient (Wildman–Crippen LogP) is 2.65. The zero-order valence-corrected chi connectivity index (χ0v) is 12.1. The van der Waals surface area contributed by atoms with E-state index >= 15 is 0 Å². The Hall–Kier alpha value is -0.680. The van der Waals surface area contributed by atoms with Gasteiger partial charge in [0.05, 0.1) is 12.6 Å². The molecule has 0 aliphatic heterocycles. The standard InChI is InChI=1S/C12H23N3OS/c1-8(2)6-9(7-16)13-11-14-10(15-17-11)12(3,4)5/h8-9,16H,6-7H2,1-5H3,(H,13,14,15). The quantitative estimate of drug-likeness (QED) is 0.851. The van der Waals surface area contributed by atoms with E-state index in [1.165, 1.54) is 11.5 Å². The van der Waals surface area contributed by atoms with Crippen LogP contribution in [0.15, 0.2) is 0 Å². The van der Waals surface area contributed by atoms with Crippen LogP contribution < -0.4 is 5.32 Å². The number of nitrogens with one attached hydrogen (secondary N) is 1. The van der Waals surface area contributed by atoms with Gasteiger partial charge in [0.25, 0.3) is 0 Å². The molecule has 1 rings (SSSR count). The lowest BCUT2D eigenvalue weighted by molar-refractivity contribution is 0.259. The Labute approximate surface area is 108 Å². The van der Waals surface area contributed by atoms with Crippen molar-refractivity contribution in [3.8, 4) is 0 Å². The highest BCUT2D eigenvalue weighted by Gasteiger charge is 2.20. The third-order valence-electron chi connectivity index (χ3n) is 2.40. The molecule has 0 saturated heterocycles. The Balaban J connectivity index is 2.65. The van der Waals surface area contributed by atoms with Gasteiger partial charge in [0.2, 0.25) is 5.13 Å². The fourth-order valence-electron chi connectivity index (χ4n) is 1.51. The largest absolute Gasteiger partial charge is 0.394 e. The van der Waals surface area contributed by atoms with Crippen molar-refractivity contribution in [1.82, 2.24) is 9.36 Å². The van der Waals surface area contributed by atoms with Crippen molar-refractivity contribution in [2.24, 2.45) is 5.92 Å². The summed E-state index contributed by atoms with van der Waals surface area (Å²) in [5.41, 5.74) is -0.0246. The van der Waals surface area contributed by atoms with Gasteiger partial charge in [-0.25, -0.2) is 4.98 Å². The van der Waals surface area contributed by atoms with Crippen molar-refractivity contribution in [1.29, 1.82) is 0 Å². The second-order valence-electron chi connectivity index (χ2n) is 5.83. The summed E-state index contributed by atoms with van der Waals surface area (Å²) in [7, 11) is 0. The fraction of sp³-hybridized carbons (Fsp3) is 0.833. The molecule has 4 nitrogen and oxygen atoms in total. The van der Waals surface area contributed by atoms with Crippen LogP contribution in [0.1, 0.15) is 46.9 Å². The average Bonchev–Trinajstić information content (AvgIpc) is 2.63. The van der Waals surface area contributed by atoms with E-state index in [9.17, 15) is 5.11 Å². The number of anilines is 1. The Morgan fingerprint density at radius 3 is 2.41 bits per heavy atom. The molecular weight excluding hydrogens is 234 g/mol. The number of nitrogens with zero attached hydrogens (tertiary/aromatic N) is 2. The fourth-order valence-corrected chi connectivity index (χ4v) is 2.34. The molecule has 98 valence electrons. The molecule has 1 atom stereocenters. The lowest BCUT2D eigenvalue weighted by atomic mass is 9.96. The SMILES string of the molecule is CC(C)CC(CO)Nc1nc(C(C)(C)C)ns1. The Kier molecular flexibility index (Phi) is 4.89. The minimum Gasteiger partial charge on any atom is -0.394 e. The summed E-state index contributed by atoms with van der Waals surface area (Å²) in [6, 6.07) is 0.0655. The molecule has 1 aromatic rings. The average molecular weight is 257 g/mol. The van der Waals surface area contributed by atoms with Crippen LogP contribution in [0.3, 0.4) is 0 Å². The Morgan fingerprint density at radius 1 is 1.35 bits per heavy atom. The minimum atomic E-state index is -0.0246. The van der Waals surface area contributed by atoms with E-state index in [0.717, 1.165) is 17.4 Å². The maximum atomic E-state index is 9.30. The summed E-state index contributed by atoms with van der Waals surface area (Å²) < 4.78 is 4.34. The van der Waals surface area contributed by atoms with Gasteiger partial charge in [-0.15, -0.1) is 0 Å². The highest BCUT2D eigenvalue weighted by molar-refractivity contribution is 7.09. The first-order valence-electron chi connectivity index (χ1n) is 6.04. The molecule has 2 N–H and O–H groups in total. The van der Waals surface area contributed by atoms with E-state index in [1.54, 1.807) is 0 Å². The summed E-state index contributed by atoms with van der Waals surface area (Å²) in [5, 5.41) is 13.3. The summed E-state index contributed by atoms with van der Waals surface area (Å²) in [5.74, 6) is 1.40. The van der Waals surface area contributed by atoms with Crippen LogP contribution in [0.2, 0.25) is 0 Å². The highest BCUT2D eigenvalue weighted by Crippen LogP contribution is 2.23. The molecule has 17 heavy (non-hydrogen) atoms. The van der Waals surface area contributed by atoms with Gasteiger partial charge < -0.3 is 10.4 Å². The third kappa shape index (κ3) is 4.60. The van der Waals surface area contributed by atoms with Crippen LogP contribution in [0, 0.1) is 5.92 Å². The van der Waals surface area contributed by atoms with Gasteiger partial charge >= 0.3 is 0 Å².